The predicted molar refractivity (Wildman–Crippen MR) is 92.6 cm³/mol. The van der Waals surface area contributed by atoms with Crippen molar-refractivity contribution in [2.75, 3.05) is 0 Å². The summed E-state index contributed by atoms with van der Waals surface area (Å²) >= 11 is 0. The molecule has 1 amide bonds. The van der Waals surface area contributed by atoms with Gasteiger partial charge < -0.3 is 5.32 Å². The van der Waals surface area contributed by atoms with Crippen molar-refractivity contribution in [3.63, 3.8) is 0 Å². The zero-order valence-corrected chi connectivity index (χ0v) is 13.9. The van der Waals surface area contributed by atoms with Crippen LogP contribution >= 0.6 is 0 Å². The Morgan fingerprint density at radius 2 is 2.08 bits per heavy atom. The van der Waals surface area contributed by atoms with Gasteiger partial charge in [0.1, 0.15) is 0 Å². The van der Waals surface area contributed by atoms with Crippen molar-refractivity contribution in [1.29, 1.82) is 0 Å². The second kappa shape index (κ2) is 6.04. The summed E-state index contributed by atoms with van der Waals surface area (Å²) in [5.74, 6) is 2.27. The Morgan fingerprint density at radius 3 is 2.79 bits per heavy atom. The molecule has 2 fully saturated rings. The molecule has 0 spiro atoms. The number of aromatic amines is 1. The average molecular weight is 325 g/mol. The van der Waals surface area contributed by atoms with Crippen molar-refractivity contribution in [1.82, 2.24) is 15.5 Å². The summed E-state index contributed by atoms with van der Waals surface area (Å²) in [4.78, 5) is 24.3. The fraction of sp³-hybridized carbons (Fsp3) is 0.526. The van der Waals surface area contributed by atoms with Crippen LogP contribution in [0.5, 0.6) is 0 Å². The summed E-state index contributed by atoms with van der Waals surface area (Å²) in [7, 11) is 0. The highest BCUT2D eigenvalue weighted by Crippen LogP contribution is 2.49. The van der Waals surface area contributed by atoms with E-state index < -0.39 is 0 Å². The Labute approximate surface area is 140 Å². The third-order valence-electron chi connectivity index (χ3n) is 5.93. The number of hydrogen-bond donors (Lipinski definition) is 2. The van der Waals surface area contributed by atoms with Gasteiger partial charge in [-0.1, -0.05) is 24.6 Å². The van der Waals surface area contributed by atoms with Gasteiger partial charge in [0.05, 0.1) is 17.5 Å². The maximum Gasteiger partial charge on any atom is 0.272 e. The van der Waals surface area contributed by atoms with Gasteiger partial charge in [-0.25, -0.2) is 5.10 Å². The van der Waals surface area contributed by atoms with E-state index in [1.165, 1.54) is 25.7 Å². The monoisotopic (exact) mass is 325 g/mol. The van der Waals surface area contributed by atoms with Gasteiger partial charge in [0.25, 0.3) is 5.56 Å². The van der Waals surface area contributed by atoms with E-state index in [9.17, 15) is 9.59 Å². The molecule has 1 heterocycles. The van der Waals surface area contributed by atoms with Crippen LogP contribution in [0.3, 0.4) is 0 Å². The lowest BCUT2D eigenvalue weighted by Crippen LogP contribution is -2.41. The van der Waals surface area contributed by atoms with Crippen molar-refractivity contribution in [3.05, 3.63) is 40.3 Å². The van der Waals surface area contributed by atoms with Crippen LogP contribution in [0.1, 0.15) is 38.3 Å². The second-order valence-electron chi connectivity index (χ2n) is 7.42. The lowest BCUT2D eigenvalue weighted by atomic mass is 9.84. The molecule has 4 unspecified atom stereocenters. The van der Waals surface area contributed by atoms with Crippen molar-refractivity contribution in [2.45, 2.75) is 45.1 Å². The minimum absolute atomic E-state index is 0.0185. The molecule has 4 atom stereocenters. The molecule has 126 valence electrons. The molecule has 4 rings (SSSR count). The molecule has 5 nitrogen and oxygen atoms in total. The van der Waals surface area contributed by atoms with E-state index in [1.54, 1.807) is 6.07 Å². The summed E-state index contributed by atoms with van der Waals surface area (Å²) in [6.45, 7) is 2.13. The Morgan fingerprint density at radius 1 is 1.29 bits per heavy atom. The first-order valence-electron chi connectivity index (χ1n) is 8.87. The summed E-state index contributed by atoms with van der Waals surface area (Å²) in [5, 5.41) is 11.1. The molecule has 5 heteroatoms. The topological polar surface area (TPSA) is 74.8 Å². The quantitative estimate of drug-likeness (QED) is 0.906. The number of rotatable bonds is 4. The number of carbonyl (C=O) groups excluding carboxylic acids is 1. The van der Waals surface area contributed by atoms with Crippen LogP contribution in [-0.4, -0.2) is 22.1 Å². The molecular weight excluding hydrogens is 302 g/mol. The normalized spacial score (nSPS) is 26.6. The first-order valence-corrected chi connectivity index (χ1v) is 8.87. The summed E-state index contributed by atoms with van der Waals surface area (Å²) in [5.41, 5.74) is 0.410. The fourth-order valence-corrected chi connectivity index (χ4v) is 4.78. The molecule has 2 bridgehead atoms. The number of H-pyrrole nitrogens is 1. The van der Waals surface area contributed by atoms with Crippen LogP contribution in [0.4, 0.5) is 0 Å². The Kier molecular flexibility index (Phi) is 3.87. The van der Waals surface area contributed by atoms with E-state index in [1.807, 2.05) is 18.2 Å². The smallest absolute Gasteiger partial charge is 0.272 e. The van der Waals surface area contributed by atoms with Gasteiger partial charge in [0.2, 0.25) is 5.91 Å². The largest absolute Gasteiger partial charge is 0.353 e. The number of carbonyl (C=O) groups is 1. The third-order valence-corrected chi connectivity index (χ3v) is 5.93. The minimum Gasteiger partial charge on any atom is -0.353 e. The third kappa shape index (κ3) is 2.72. The Hall–Kier alpha value is -2.17. The maximum atomic E-state index is 12.5. The highest BCUT2D eigenvalue weighted by Gasteiger charge is 2.42. The average Bonchev–Trinajstić information content (AvgIpc) is 3.21. The van der Waals surface area contributed by atoms with Gasteiger partial charge in [-0.05, 0) is 50.0 Å². The van der Waals surface area contributed by atoms with Crippen LogP contribution in [-0.2, 0) is 11.2 Å². The number of aromatic nitrogens is 2. The molecule has 1 aromatic heterocycles. The minimum atomic E-state index is -0.217. The highest BCUT2D eigenvalue weighted by atomic mass is 16.1. The molecule has 1 aromatic carbocycles. The predicted octanol–water partition coefficient (Wildman–Crippen LogP) is 2.41. The van der Waals surface area contributed by atoms with E-state index in [4.69, 9.17) is 0 Å². The molecule has 24 heavy (non-hydrogen) atoms. The van der Waals surface area contributed by atoms with Crippen molar-refractivity contribution in [3.8, 4) is 0 Å². The number of benzene rings is 1. The molecule has 2 N–H and O–H groups in total. The van der Waals surface area contributed by atoms with Crippen molar-refractivity contribution in [2.24, 2.45) is 17.8 Å². The van der Waals surface area contributed by atoms with Gasteiger partial charge in [-0.3, -0.25) is 9.59 Å². The second-order valence-corrected chi connectivity index (χ2v) is 7.42. The van der Waals surface area contributed by atoms with E-state index in [-0.39, 0.29) is 23.9 Å². The molecule has 0 aliphatic heterocycles. The standard InChI is InChI=1S/C19H23N3O2/c1-11(16-9-12-6-7-13(16)8-12)20-18(23)10-17-14-4-2-3-5-15(14)19(24)22-21-17/h2-5,11-13,16H,6-10H2,1H3,(H,20,23)(H,22,24). The SMILES string of the molecule is CC(NC(=O)Cc1n[nH]c(=O)c2ccccc12)C1CC2CCC1C2. The Balaban J connectivity index is 1.47. The number of nitrogens with zero attached hydrogens (tertiary/aromatic N) is 1. The molecule has 0 radical (unpaired) electrons. The fourth-order valence-electron chi connectivity index (χ4n) is 4.78. The van der Waals surface area contributed by atoms with Crippen molar-refractivity contribution < 1.29 is 4.79 Å². The van der Waals surface area contributed by atoms with E-state index >= 15 is 0 Å². The van der Waals surface area contributed by atoms with E-state index in [0.29, 0.717) is 17.0 Å². The Bertz CT molecular complexity index is 829. The summed E-state index contributed by atoms with van der Waals surface area (Å²) in [6, 6.07) is 7.50. The number of hydrogen-bond acceptors (Lipinski definition) is 3. The van der Waals surface area contributed by atoms with Crippen LogP contribution in [0.2, 0.25) is 0 Å². The molecule has 2 aliphatic rings. The molecule has 0 saturated heterocycles. The summed E-state index contributed by atoms with van der Waals surface area (Å²) < 4.78 is 0. The van der Waals surface area contributed by atoms with Gasteiger partial charge in [-0.15, -0.1) is 0 Å². The zero-order chi connectivity index (χ0) is 16.7. The molecule has 2 aliphatic carbocycles. The number of nitrogens with one attached hydrogen (secondary N) is 2. The number of amides is 1. The van der Waals surface area contributed by atoms with E-state index in [2.05, 4.69) is 22.4 Å². The van der Waals surface area contributed by atoms with Gasteiger partial charge in [0.15, 0.2) is 0 Å². The molecule has 2 saturated carbocycles. The van der Waals surface area contributed by atoms with Crippen LogP contribution in [0.25, 0.3) is 10.8 Å². The first kappa shape index (κ1) is 15.4. The van der Waals surface area contributed by atoms with Crippen LogP contribution in [0, 0.1) is 17.8 Å². The van der Waals surface area contributed by atoms with Gasteiger partial charge in [-0.2, -0.15) is 5.10 Å². The lowest BCUT2D eigenvalue weighted by molar-refractivity contribution is -0.121. The highest BCUT2D eigenvalue weighted by molar-refractivity contribution is 5.88. The number of fused-ring (bicyclic) bond motifs is 3. The van der Waals surface area contributed by atoms with E-state index in [0.717, 1.165) is 17.2 Å². The summed E-state index contributed by atoms with van der Waals surface area (Å²) in [6.07, 6.45) is 5.49. The maximum absolute atomic E-state index is 12.5. The first-order chi connectivity index (χ1) is 11.6. The molecule has 2 aromatic rings. The molecular formula is C19H23N3O2. The van der Waals surface area contributed by atoms with Crippen LogP contribution in [0.15, 0.2) is 29.1 Å². The van der Waals surface area contributed by atoms with Crippen molar-refractivity contribution >= 4 is 16.7 Å². The lowest BCUT2D eigenvalue weighted by Gasteiger charge is -2.28. The van der Waals surface area contributed by atoms with Gasteiger partial charge >= 0.3 is 0 Å². The van der Waals surface area contributed by atoms with Crippen LogP contribution < -0.4 is 10.9 Å². The zero-order valence-electron chi connectivity index (χ0n) is 13.9. The van der Waals surface area contributed by atoms with Gasteiger partial charge in [0, 0.05) is 11.4 Å².